The summed E-state index contributed by atoms with van der Waals surface area (Å²) in [7, 11) is 0. The van der Waals surface area contributed by atoms with Gasteiger partial charge in [0, 0.05) is 44.7 Å². The standard InChI is InChI=1S/C24H27N3O3/c28-21-13-7-8-14-27(21)22(19-9-3-1-4-10-19)24(30)26-17-15-25(16-18-26)23(29)20-11-5-2-6-12-20/h1-6,9-12,22H,7-8,13-18H2. The fraction of sp³-hybridized carbons (Fsp3) is 0.375. The SMILES string of the molecule is O=C(c1ccccc1)N1CCN(C(=O)C(c2ccccc2)N2CCCCC2=O)CC1. The third kappa shape index (κ3) is 4.22. The first-order valence-corrected chi connectivity index (χ1v) is 10.6. The molecule has 2 heterocycles. The van der Waals surface area contributed by atoms with Crippen LogP contribution in [0.25, 0.3) is 0 Å². The summed E-state index contributed by atoms with van der Waals surface area (Å²) in [4.78, 5) is 44.1. The molecule has 3 amide bonds. The Morgan fingerprint density at radius 3 is 1.97 bits per heavy atom. The highest BCUT2D eigenvalue weighted by molar-refractivity contribution is 5.94. The lowest BCUT2D eigenvalue weighted by molar-refractivity contribution is -0.148. The van der Waals surface area contributed by atoms with E-state index in [-0.39, 0.29) is 17.7 Å². The first-order chi connectivity index (χ1) is 14.6. The van der Waals surface area contributed by atoms with Crippen molar-refractivity contribution in [3.05, 3.63) is 71.8 Å². The molecule has 6 heteroatoms. The van der Waals surface area contributed by atoms with Gasteiger partial charge in [0.2, 0.25) is 11.8 Å². The maximum absolute atomic E-state index is 13.5. The van der Waals surface area contributed by atoms with Crippen molar-refractivity contribution >= 4 is 17.7 Å². The lowest BCUT2D eigenvalue weighted by Crippen LogP contribution is -2.54. The molecule has 30 heavy (non-hydrogen) atoms. The van der Waals surface area contributed by atoms with Crippen molar-refractivity contribution in [1.82, 2.24) is 14.7 Å². The lowest BCUT2D eigenvalue weighted by Gasteiger charge is -2.40. The number of nitrogens with zero attached hydrogens (tertiary/aromatic N) is 3. The fourth-order valence-electron chi connectivity index (χ4n) is 4.26. The molecule has 2 aliphatic rings. The summed E-state index contributed by atoms with van der Waals surface area (Å²) < 4.78 is 0. The Bertz CT molecular complexity index is 892. The maximum Gasteiger partial charge on any atom is 0.253 e. The van der Waals surface area contributed by atoms with Crippen LogP contribution in [0, 0.1) is 0 Å². The molecule has 2 aliphatic heterocycles. The van der Waals surface area contributed by atoms with Crippen LogP contribution in [0.4, 0.5) is 0 Å². The van der Waals surface area contributed by atoms with Crippen LogP contribution in [0.1, 0.15) is 41.2 Å². The van der Waals surface area contributed by atoms with Gasteiger partial charge in [0.25, 0.3) is 5.91 Å². The van der Waals surface area contributed by atoms with Crippen LogP contribution in [0.15, 0.2) is 60.7 Å². The number of amides is 3. The van der Waals surface area contributed by atoms with Gasteiger partial charge < -0.3 is 14.7 Å². The second kappa shape index (κ2) is 9.11. The third-order valence-corrected chi connectivity index (χ3v) is 5.92. The Morgan fingerprint density at radius 1 is 0.733 bits per heavy atom. The molecule has 0 aromatic heterocycles. The number of piperazine rings is 1. The van der Waals surface area contributed by atoms with E-state index >= 15 is 0 Å². The topological polar surface area (TPSA) is 60.9 Å². The molecule has 156 valence electrons. The first-order valence-electron chi connectivity index (χ1n) is 10.6. The van der Waals surface area contributed by atoms with Gasteiger partial charge in [-0.05, 0) is 30.5 Å². The number of benzene rings is 2. The van der Waals surface area contributed by atoms with Crippen molar-refractivity contribution < 1.29 is 14.4 Å². The van der Waals surface area contributed by atoms with Crippen LogP contribution >= 0.6 is 0 Å². The highest BCUT2D eigenvalue weighted by Gasteiger charge is 2.36. The van der Waals surface area contributed by atoms with Gasteiger partial charge in [-0.2, -0.15) is 0 Å². The largest absolute Gasteiger partial charge is 0.337 e. The number of rotatable bonds is 4. The number of piperidine rings is 1. The summed E-state index contributed by atoms with van der Waals surface area (Å²) in [6.45, 7) is 2.55. The molecule has 1 atom stereocenters. The second-order valence-corrected chi connectivity index (χ2v) is 7.84. The van der Waals surface area contributed by atoms with Gasteiger partial charge >= 0.3 is 0 Å². The highest BCUT2D eigenvalue weighted by atomic mass is 16.2. The monoisotopic (exact) mass is 405 g/mol. The lowest BCUT2D eigenvalue weighted by atomic mass is 9.99. The van der Waals surface area contributed by atoms with Crippen molar-refractivity contribution in [2.75, 3.05) is 32.7 Å². The smallest absolute Gasteiger partial charge is 0.253 e. The molecule has 0 bridgehead atoms. The summed E-state index contributed by atoms with van der Waals surface area (Å²) in [6.07, 6.45) is 2.29. The van der Waals surface area contributed by atoms with E-state index in [0.29, 0.717) is 44.7 Å². The van der Waals surface area contributed by atoms with Gasteiger partial charge in [-0.25, -0.2) is 0 Å². The van der Waals surface area contributed by atoms with E-state index < -0.39 is 6.04 Å². The van der Waals surface area contributed by atoms with E-state index in [2.05, 4.69) is 0 Å². The summed E-state index contributed by atoms with van der Waals surface area (Å²) >= 11 is 0. The first kappa shape index (κ1) is 20.1. The van der Waals surface area contributed by atoms with Crippen molar-refractivity contribution in [2.45, 2.75) is 25.3 Å². The molecule has 2 saturated heterocycles. The van der Waals surface area contributed by atoms with E-state index in [1.807, 2.05) is 60.7 Å². The maximum atomic E-state index is 13.5. The molecule has 0 N–H and O–H groups in total. The molecule has 2 fully saturated rings. The second-order valence-electron chi connectivity index (χ2n) is 7.84. The van der Waals surface area contributed by atoms with Gasteiger partial charge in [0.1, 0.15) is 6.04 Å². The number of carbonyl (C=O) groups excluding carboxylic acids is 3. The molecular weight excluding hydrogens is 378 g/mol. The normalized spacial score (nSPS) is 18.3. The molecule has 0 saturated carbocycles. The van der Waals surface area contributed by atoms with Gasteiger partial charge in [-0.1, -0.05) is 48.5 Å². The van der Waals surface area contributed by atoms with Crippen molar-refractivity contribution in [3.8, 4) is 0 Å². The number of hydrogen-bond donors (Lipinski definition) is 0. The van der Waals surface area contributed by atoms with Gasteiger partial charge in [-0.15, -0.1) is 0 Å². The van der Waals surface area contributed by atoms with E-state index in [9.17, 15) is 14.4 Å². The molecule has 4 rings (SSSR count). The molecular formula is C24H27N3O3. The van der Waals surface area contributed by atoms with E-state index in [1.165, 1.54) is 0 Å². The predicted octanol–water partition coefficient (Wildman–Crippen LogP) is 2.72. The summed E-state index contributed by atoms with van der Waals surface area (Å²) in [5.74, 6) is -0.0156. The Morgan fingerprint density at radius 2 is 1.33 bits per heavy atom. The van der Waals surface area contributed by atoms with Gasteiger partial charge in [0.15, 0.2) is 0 Å². The average molecular weight is 405 g/mol. The number of likely N-dealkylation sites (tertiary alicyclic amines) is 1. The minimum atomic E-state index is -0.588. The van der Waals surface area contributed by atoms with Crippen LogP contribution in [0.3, 0.4) is 0 Å². The van der Waals surface area contributed by atoms with Crippen molar-refractivity contribution in [2.24, 2.45) is 0 Å². The van der Waals surface area contributed by atoms with Crippen LogP contribution < -0.4 is 0 Å². The third-order valence-electron chi connectivity index (χ3n) is 5.92. The van der Waals surface area contributed by atoms with E-state index in [4.69, 9.17) is 0 Å². The van der Waals surface area contributed by atoms with Crippen LogP contribution in [-0.4, -0.2) is 65.1 Å². The molecule has 1 unspecified atom stereocenters. The molecule has 0 aliphatic carbocycles. The van der Waals surface area contributed by atoms with Crippen LogP contribution in [0.5, 0.6) is 0 Å². The van der Waals surface area contributed by atoms with Gasteiger partial charge in [0.05, 0.1) is 0 Å². The quantitative estimate of drug-likeness (QED) is 0.786. The zero-order valence-electron chi connectivity index (χ0n) is 17.1. The highest BCUT2D eigenvalue weighted by Crippen LogP contribution is 2.28. The molecule has 0 spiro atoms. The molecule has 6 nitrogen and oxygen atoms in total. The summed E-state index contributed by atoms with van der Waals surface area (Å²) in [5.41, 5.74) is 1.51. The zero-order chi connectivity index (χ0) is 20.9. The Hall–Kier alpha value is -3.15. The van der Waals surface area contributed by atoms with Crippen LogP contribution in [0.2, 0.25) is 0 Å². The summed E-state index contributed by atoms with van der Waals surface area (Å²) in [5, 5.41) is 0. The molecule has 0 radical (unpaired) electrons. The van der Waals surface area contributed by atoms with Crippen molar-refractivity contribution in [1.29, 1.82) is 0 Å². The Balaban J connectivity index is 1.48. The number of hydrogen-bond acceptors (Lipinski definition) is 3. The predicted molar refractivity (Wildman–Crippen MR) is 114 cm³/mol. The zero-order valence-corrected chi connectivity index (χ0v) is 17.1. The number of carbonyl (C=O) groups is 3. The van der Waals surface area contributed by atoms with E-state index in [0.717, 1.165) is 18.4 Å². The van der Waals surface area contributed by atoms with E-state index in [1.54, 1.807) is 14.7 Å². The van der Waals surface area contributed by atoms with Crippen LogP contribution in [-0.2, 0) is 9.59 Å². The Kier molecular flexibility index (Phi) is 6.12. The Labute approximate surface area is 177 Å². The summed E-state index contributed by atoms with van der Waals surface area (Å²) in [6, 6.07) is 18.2. The minimum Gasteiger partial charge on any atom is -0.337 e. The molecule has 2 aromatic rings. The van der Waals surface area contributed by atoms with Crippen molar-refractivity contribution in [3.63, 3.8) is 0 Å². The van der Waals surface area contributed by atoms with Gasteiger partial charge in [-0.3, -0.25) is 14.4 Å². The fourth-order valence-corrected chi connectivity index (χ4v) is 4.26. The average Bonchev–Trinajstić information content (AvgIpc) is 2.81. The minimum absolute atomic E-state index is 0.00600. The molecule has 2 aromatic carbocycles.